The third kappa shape index (κ3) is 1.66. The van der Waals surface area contributed by atoms with Gasteiger partial charge in [0.05, 0.1) is 1.37 Å². The van der Waals surface area contributed by atoms with Crippen LogP contribution in [-0.4, -0.2) is 27.2 Å². The highest BCUT2D eigenvalue weighted by Gasteiger charge is 2.25. The Bertz CT molecular complexity index is 567. The Morgan fingerprint density at radius 3 is 3.00 bits per heavy atom. The summed E-state index contributed by atoms with van der Waals surface area (Å²) in [6, 6.07) is 3.75. The molecule has 1 aromatic carbocycles. The van der Waals surface area contributed by atoms with Crippen LogP contribution in [0.3, 0.4) is 0 Å². The number of hydrogen-bond acceptors (Lipinski definition) is 3. The Labute approximate surface area is 92.9 Å². The molecule has 84 valence electrons. The molecule has 0 aliphatic heterocycles. The number of para-hydroxylation sites is 1. The summed E-state index contributed by atoms with van der Waals surface area (Å²) in [6.07, 6.45) is 0.209. The molecule has 5 nitrogen and oxygen atoms in total. The lowest BCUT2D eigenvalue weighted by atomic mass is 10.0. The van der Waals surface area contributed by atoms with Crippen molar-refractivity contribution in [1.29, 1.82) is 0 Å². The predicted octanol–water partition coefficient (Wildman–Crippen LogP) is 0.613. The van der Waals surface area contributed by atoms with E-state index in [0.29, 0.717) is 10.9 Å². The number of aromatic nitrogens is 1. The van der Waals surface area contributed by atoms with Gasteiger partial charge in [-0.15, -0.1) is 0 Å². The van der Waals surface area contributed by atoms with Gasteiger partial charge in [0.15, 0.2) is 0 Å². The van der Waals surface area contributed by atoms with Gasteiger partial charge in [0, 0.05) is 22.7 Å². The molecule has 0 unspecified atom stereocenters. The highest BCUT2D eigenvalue weighted by atomic mass is 16.4. The number of aromatic amines is 1. The van der Waals surface area contributed by atoms with Crippen molar-refractivity contribution >= 4 is 16.9 Å². The monoisotopic (exact) mass is 221 g/mol. The van der Waals surface area contributed by atoms with Crippen LogP contribution in [0.25, 0.3) is 10.9 Å². The van der Waals surface area contributed by atoms with E-state index in [2.05, 4.69) is 4.98 Å². The summed E-state index contributed by atoms with van der Waals surface area (Å²) in [5, 5.41) is 19.2. The second-order valence-electron chi connectivity index (χ2n) is 3.52. The summed E-state index contributed by atoms with van der Waals surface area (Å²) in [7, 11) is 0. The molecule has 0 aliphatic carbocycles. The third-order valence-corrected chi connectivity index (χ3v) is 2.50. The van der Waals surface area contributed by atoms with E-state index in [9.17, 15) is 9.90 Å². The number of carboxylic acids is 1. The minimum Gasteiger partial charge on any atom is -0.480 e. The Morgan fingerprint density at radius 2 is 2.31 bits per heavy atom. The number of aliphatic carboxylic acids is 1. The van der Waals surface area contributed by atoms with Crippen LogP contribution in [0, 0.1) is 0 Å². The van der Waals surface area contributed by atoms with E-state index in [1.807, 2.05) is 0 Å². The van der Waals surface area contributed by atoms with Crippen molar-refractivity contribution in [3.05, 3.63) is 36.0 Å². The quantitative estimate of drug-likeness (QED) is 0.610. The summed E-state index contributed by atoms with van der Waals surface area (Å²) in [6.45, 7) is 0. The molecular formula is C11H12N2O3. The molecule has 16 heavy (non-hydrogen) atoms. The van der Waals surface area contributed by atoms with Gasteiger partial charge in [-0.3, -0.25) is 4.79 Å². The summed E-state index contributed by atoms with van der Waals surface area (Å²) < 4.78 is 7.50. The first kappa shape index (κ1) is 9.38. The maximum Gasteiger partial charge on any atom is 0.323 e. The highest BCUT2D eigenvalue weighted by Crippen LogP contribution is 2.25. The van der Waals surface area contributed by atoms with Crippen LogP contribution in [0.5, 0.6) is 0 Å². The summed E-state index contributed by atoms with van der Waals surface area (Å²) in [4.78, 5) is 13.6. The Balaban J connectivity index is 2.48. The normalized spacial score (nSPS) is 15.8. The minimum absolute atomic E-state index is 0.287. The first-order chi connectivity index (χ1) is 8.00. The molecule has 0 saturated heterocycles. The molecule has 0 saturated carbocycles. The van der Waals surface area contributed by atoms with E-state index < -0.39 is 18.1 Å². The van der Waals surface area contributed by atoms with Crippen molar-refractivity contribution < 1.29 is 16.4 Å². The van der Waals surface area contributed by atoms with Gasteiger partial charge in [0.2, 0.25) is 0 Å². The Hall–Kier alpha value is -1.85. The van der Waals surface area contributed by atoms with Crippen LogP contribution in [0.15, 0.2) is 30.4 Å². The second kappa shape index (κ2) is 3.96. The number of benzene rings is 1. The number of aliphatic hydroxyl groups is 1. The molecule has 1 aromatic heterocycles. The zero-order chi connectivity index (χ0) is 12.6. The van der Waals surface area contributed by atoms with Crippen molar-refractivity contribution in [3.63, 3.8) is 0 Å². The fourth-order valence-corrected chi connectivity index (χ4v) is 1.60. The highest BCUT2D eigenvalue weighted by molar-refractivity contribution is 5.84. The summed E-state index contributed by atoms with van der Waals surface area (Å²) >= 11 is 0. The Kier molecular flexibility index (Phi) is 2.32. The molecule has 0 aliphatic rings. The van der Waals surface area contributed by atoms with E-state index in [-0.39, 0.29) is 6.04 Å². The van der Waals surface area contributed by atoms with Crippen LogP contribution in [-0.2, 0) is 4.79 Å². The van der Waals surface area contributed by atoms with Crippen molar-refractivity contribution in [3.8, 4) is 0 Å². The number of carbonyl (C=O) groups is 1. The number of nitrogens with one attached hydrogen (secondary N) is 1. The standard InChI is InChI=1S/C11H12N2O3/c12-9(11(15)16)10(14)7-5-13-8-4-2-1-3-6(7)8/h1-5,9-10,13-14H,12H2,(H,15,16)/t9-,10-/m0/s1/i1D. The van der Waals surface area contributed by atoms with Crippen LogP contribution in [0.1, 0.15) is 13.0 Å². The lowest BCUT2D eigenvalue weighted by Gasteiger charge is -2.13. The first-order valence-electron chi connectivity index (χ1n) is 5.25. The maximum atomic E-state index is 10.7. The molecule has 0 amide bonds. The minimum atomic E-state index is -1.39. The number of hydrogen-bond donors (Lipinski definition) is 4. The van der Waals surface area contributed by atoms with E-state index in [1.54, 1.807) is 18.2 Å². The van der Waals surface area contributed by atoms with Gasteiger partial charge in [0.1, 0.15) is 12.1 Å². The van der Waals surface area contributed by atoms with E-state index in [0.717, 1.165) is 5.52 Å². The average Bonchev–Trinajstić information content (AvgIpc) is 2.69. The molecule has 0 bridgehead atoms. The zero-order valence-corrected chi connectivity index (χ0v) is 8.34. The number of carboxylic acid groups (broad SMARTS) is 1. The second-order valence-corrected chi connectivity index (χ2v) is 3.52. The molecule has 2 rings (SSSR count). The fraction of sp³-hybridized carbons (Fsp3) is 0.182. The van der Waals surface area contributed by atoms with Gasteiger partial charge in [-0.1, -0.05) is 18.2 Å². The van der Waals surface area contributed by atoms with Gasteiger partial charge in [0.25, 0.3) is 0 Å². The van der Waals surface area contributed by atoms with E-state index in [4.69, 9.17) is 12.2 Å². The van der Waals surface area contributed by atoms with Crippen LogP contribution in [0.2, 0.25) is 0 Å². The van der Waals surface area contributed by atoms with Gasteiger partial charge in [-0.25, -0.2) is 0 Å². The molecule has 0 radical (unpaired) electrons. The number of H-pyrrole nitrogens is 1. The third-order valence-electron chi connectivity index (χ3n) is 2.50. The summed E-state index contributed by atoms with van der Waals surface area (Å²) in [5.41, 5.74) is 6.49. The van der Waals surface area contributed by atoms with Crippen molar-refractivity contribution in [2.45, 2.75) is 12.1 Å². The topological polar surface area (TPSA) is 99.3 Å². The van der Waals surface area contributed by atoms with Crippen LogP contribution in [0.4, 0.5) is 0 Å². The van der Waals surface area contributed by atoms with Gasteiger partial charge >= 0.3 is 5.97 Å². The molecule has 5 N–H and O–H groups in total. The predicted molar refractivity (Wildman–Crippen MR) is 58.9 cm³/mol. The van der Waals surface area contributed by atoms with E-state index >= 15 is 0 Å². The number of aliphatic hydroxyl groups excluding tert-OH is 1. The molecule has 0 spiro atoms. The van der Waals surface area contributed by atoms with E-state index in [1.165, 1.54) is 6.20 Å². The smallest absolute Gasteiger partial charge is 0.323 e. The van der Waals surface area contributed by atoms with Crippen molar-refractivity contribution in [2.24, 2.45) is 5.73 Å². The molecule has 5 heteroatoms. The van der Waals surface area contributed by atoms with Gasteiger partial charge in [-0.05, 0) is 6.07 Å². The number of rotatable bonds is 3. The molecule has 0 fully saturated rings. The SMILES string of the molecule is [2H]c1ccc2[nH]cc([C@H](O)[C@H](N)C(=O)O)c2c1. The molecular weight excluding hydrogens is 208 g/mol. The van der Waals surface area contributed by atoms with Gasteiger partial charge < -0.3 is 20.9 Å². The molecule has 1 heterocycles. The molecule has 2 atom stereocenters. The van der Waals surface area contributed by atoms with Crippen molar-refractivity contribution in [2.75, 3.05) is 0 Å². The lowest BCUT2D eigenvalue weighted by molar-refractivity contribution is -0.141. The fourth-order valence-electron chi connectivity index (χ4n) is 1.60. The van der Waals surface area contributed by atoms with Crippen molar-refractivity contribution in [1.82, 2.24) is 4.98 Å². The number of fused-ring (bicyclic) bond motifs is 1. The zero-order valence-electron chi connectivity index (χ0n) is 9.34. The van der Waals surface area contributed by atoms with Crippen LogP contribution >= 0.6 is 0 Å². The maximum absolute atomic E-state index is 10.7. The largest absolute Gasteiger partial charge is 0.480 e. The van der Waals surface area contributed by atoms with Gasteiger partial charge in [-0.2, -0.15) is 0 Å². The first-order valence-corrected chi connectivity index (χ1v) is 4.75. The summed E-state index contributed by atoms with van der Waals surface area (Å²) in [5.74, 6) is -1.27. The Morgan fingerprint density at radius 1 is 1.56 bits per heavy atom. The number of nitrogens with two attached hydrogens (primary N) is 1. The lowest BCUT2D eigenvalue weighted by Crippen LogP contribution is -2.36. The molecule has 2 aromatic rings. The average molecular weight is 221 g/mol. The van der Waals surface area contributed by atoms with Crippen LogP contribution < -0.4 is 5.73 Å².